The van der Waals surface area contributed by atoms with E-state index in [1.54, 1.807) is 0 Å². The van der Waals surface area contributed by atoms with Gasteiger partial charge in [0.25, 0.3) is 0 Å². The maximum absolute atomic E-state index is 5.76. The van der Waals surface area contributed by atoms with Crippen molar-refractivity contribution in [2.24, 2.45) is 0 Å². The number of hydrogen-bond acceptors (Lipinski definition) is 1. The van der Waals surface area contributed by atoms with Crippen LogP contribution in [0.15, 0.2) is 12.3 Å². The van der Waals surface area contributed by atoms with Crippen LogP contribution in [0.1, 0.15) is 6.92 Å². The van der Waals surface area contributed by atoms with Gasteiger partial charge in [-0.25, -0.2) is 0 Å². The van der Waals surface area contributed by atoms with E-state index in [9.17, 15) is 0 Å². The van der Waals surface area contributed by atoms with Gasteiger partial charge in [-0.05, 0) is 6.54 Å². The molecule has 0 aromatic carbocycles. The van der Waals surface area contributed by atoms with Gasteiger partial charge in [0.1, 0.15) is 0 Å². The van der Waals surface area contributed by atoms with E-state index in [4.69, 9.17) is 11.6 Å². The Kier molecular flexibility index (Phi) is 5.48. The molecule has 8 heavy (non-hydrogen) atoms. The lowest BCUT2D eigenvalue weighted by Gasteiger charge is -2.04. The summed E-state index contributed by atoms with van der Waals surface area (Å²) < 4.78 is 0. The fraction of sp³-hybridized carbons (Fsp3) is 0.600. The smallest absolute Gasteiger partial charge is 0.0828 e. The number of hydrogen-bond donors (Lipinski definition) is 1. The van der Waals surface area contributed by atoms with Crippen molar-refractivity contribution in [2.75, 3.05) is 6.54 Å². The second kappa shape index (κ2) is 5.35. The van der Waals surface area contributed by atoms with Crippen molar-refractivity contribution in [2.45, 2.75) is 12.0 Å². The Hall–Kier alpha value is 0.207. The van der Waals surface area contributed by atoms with E-state index in [1.807, 2.05) is 12.6 Å². The first kappa shape index (κ1) is 8.21. The lowest BCUT2D eigenvalue weighted by atomic mass is 10.8. The van der Waals surface area contributed by atoms with Crippen molar-refractivity contribution >= 4 is 21.1 Å². The molecule has 0 aromatic rings. The largest absolute Gasteiger partial charge is 0.305 e. The van der Waals surface area contributed by atoms with E-state index < -0.39 is 0 Å². The molecular weight excluding hydrogens is 138 g/mol. The molecule has 0 heterocycles. The predicted octanol–water partition coefficient (Wildman–Crippen LogP) is 0.431. The molecule has 0 fully saturated rings. The van der Waals surface area contributed by atoms with Gasteiger partial charge in [0.2, 0.25) is 0 Å². The first-order valence-corrected chi connectivity index (χ1v) is 4.86. The van der Waals surface area contributed by atoms with E-state index in [1.165, 1.54) is 0 Å². The SMILES string of the molecule is C=C[SiH2]C(Cl)NCC. The van der Waals surface area contributed by atoms with E-state index in [0.29, 0.717) is 0 Å². The fourth-order valence-electron chi connectivity index (χ4n) is 0.451. The quantitative estimate of drug-likeness (QED) is 0.348. The van der Waals surface area contributed by atoms with Gasteiger partial charge >= 0.3 is 0 Å². The molecule has 0 aliphatic rings. The Bertz CT molecular complexity index is 67.4. The van der Waals surface area contributed by atoms with Crippen molar-refractivity contribution in [1.29, 1.82) is 0 Å². The summed E-state index contributed by atoms with van der Waals surface area (Å²) in [5.41, 5.74) is 1.94. The first-order chi connectivity index (χ1) is 3.81. The van der Waals surface area contributed by atoms with E-state index in [0.717, 1.165) is 6.54 Å². The molecule has 1 N–H and O–H groups in total. The summed E-state index contributed by atoms with van der Waals surface area (Å²) in [5, 5.41) is 3.31. The summed E-state index contributed by atoms with van der Waals surface area (Å²) in [6.07, 6.45) is 0. The molecular formula is C5H12ClNSi. The van der Waals surface area contributed by atoms with Crippen LogP contribution in [-0.4, -0.2) is 21.2 Å². The van der Waals surface area contributed by atoms with E-state index >= 15 is 0 Å². The highest BCUT2D eigenvalue weighted by Gasteiger charge is 1.95. The van der Waals surface area contributed by atoms with Crippen LogP contribution in [0.4, 0.5) is 0 Å². The maximum atomic E-state index is 5.76. The zero-order valence-electron chi connectivity index (χ0n) is 5.15. The molecule has 0 saturated heterocycles. The minimum absolute atomic E-state index is 0.206. The van der Waals surface area contributed by atoms with Crippen LogP contribution in [0, 0.1) is 0 Å². The summed E-state index contributed by atoms with van der Waals surface area (Å²) in [6, 6.07) is 0. The second-order valence-electron chi connectivity index (χ2n) is 1.55. The van der Waals surface area contributed by atoms with Crippen molar-refractivity contribution in [3.05, 3.63) is 12.3 Å². The number of rotatable bonds is 4. The van der Waals surface area contributed by atoms with Crippen LogP contribution in [0.3, 0.4) is 0 Å². The molecule has 0 radical (unpaired) electrons. The molecule has 0 spiro atoms. The van der Waals surface area contributed by atoms with Crippen LogP contribution < -0.4 is 5.32 Å². The predicted molar refractivity (Wildman–Crippen MR) is 42.1 cm³/mol. The molecule has 3 heteroatoms. The van der Waals surface area contributed by atoms with E-state index in [-0.39, 0.29) is 14.6 Å². The molecule has 48 valence electrons. The van der Waals surface area contributed by atoms with Crippen molar-refractivity contribution in [1.82, 2.24) is 5.32 Å². The maximum Gasteiger partial charge on any atom is 0.0828 e. The van der Waals surface area contributed by atoms with Crippen LogP contribution in [0.2, 0.25) is 0 Å². The third kappa shape index (κ3) is 4.37. The molecule has 0 aliphatic carbocycles. The van der Waals surface area contributed by atoms with Gasteiger partial charge in [-0.15, -0.1) is 23.9 Å². The summed E-state index contributed by atoms with van der Waals surface area (Å²) in [4.78, 5) is 0. The Balaban J connectivity index is 3.03. The van der Waals surface area contributed by atoms with Gasteiger partial charge in [-0.1, -0.05) is 6.92 Å². The average molecular weight is 150 g/mol. The fourth-order valence-corrected chi connectivity index (χ4v) is 1.73. The minimum Gasteiger partial charge on any atom is -0.305 e. The number of halogens is 1. The lowest BCUT2D eigenvalue weighted by Crippen LogP contribution is -2.27. The topological polar surface area (TPSA) is 12.0 Å². The molecule has 0 aromatic heterocycles. The molecule has 1 atom stereocenters. The zero-order valence-corrected chi connectivity index (χ0v) is 7.32. The number of nitrogens with one attached hydrogen (secondary N) is 1. The normalized spacial score (nSPS) is 14.8. The molecule has 1 unspecified atom stereocenters. The summed E-state index contributed by atoms with van der Waals surface area (Å²) in [7, 11) is -0.247. The van der Waals surface area contributed by atoms with Gasteiger partial charge in [0, 0.05) is 0 Å². The van der Waals surface area contributed by atoms with E-state index in [2.05, 4.69) is 11.9 Å². The Morgan fingerprint density at radius 3 is 3.00 bits per heavy atom. The van der Waals surface area contributed by atoms with Gasteiger partial charge in [-0.2, -0.15) is 0 Å². The molecule has 0 bridgehead atoms. The van der Waals surface area contributed by atoms with Crippen molar-refractivity contribution in [3.63, 3.8) is 0 Å². The molecule has 0 rings (SSSR count). The van der Waals surface area contributed by atoms with Gasteiger partial charge in [0.15, 0.2) is 0 Å². The standard InChI is InChI=1S/C5H12ClNSi/c1-3-7-5(6)8-4-2/h4-5,7H,2-3,8H2,1H3. The Labute approximate surface area is 57.9 Å². The monoisotopic (exact) mass is 149 g/mol. The zero-order chi connectivity index (χ0) is 6.41. The first-order valence-electron chi connectivity index (χ1n) is 2.79. The third-order valence-electron chi connectivity index (χ3n) is 0.799. The van der Waals surface area contributed by atoms with Crippen molar-refractivity contribution in [3.8, 4) is 0 Å². The second-order valence-corrected chi connectivity index (χ2v) is 4.46. The highest BCUT2D eigenvalue weighted by atomic mass is 35.5. The third-order valence-corrected chi connectivity index (χ3v) is 2.52. The highest BCUT2D eigenvalue weighted by molar-refractivity contribution is 6.56. The van der Waals surface area contributed by atoms with Gasteiger partial charge in [0.05, 0.1) is 14.6 Å². The van der Waals surface area contributed by atoms with Gasteiger partial charge in [-0.3, -0.25) is 0 Å². The molecule has 0 amide bonds. The van der Waals surface area contributed by atoms with Crippen LogP contribution in [0.5, 0.6) is 0 Å². The Morgan fingerprint density at radius 2 is 2.62 bits per heavy atom. The van der Waals surface area contributed by atoms with Crippen LogP contribution in [-0.2, 0) is 0 Å². The lowest BCUT2D eigenvalue weighted by molar-refractivity contribution is 0.792. The van der Waals surface area contributed by atoms with Crippen molar-refractivity contribution < 1.29 is 0 Å². The summed E-state index contributed by atoms with van der Waals surface area (Å²) in [6.45, 7) is 6.62. The average Bonchev–Trinajstić information content (AvgIpc) is 1.68. The van der Waals surface area contributed by atoms with Crippen LogP contribution >= 0.6 is 11.6 Å². The summed E-state index contributed by atoms with van der Waals surface area (Å²) in [5.74, 6) is 0. The molecule has 1 nitrogen and oxygen atoms in total. The van der Waals surface area contributed by atoms with Crippen LogP contribution in [0.25, 0.3) is 0 Å². The number of alkyl halides is 1. The Morgan fingerprint density at radius 1 is 2.00 bits per heavy atom. The molecule has 0 aliphatic heterocycles. The molecule has 0 saturated carbocycles. The van der Waals surface area contributed by atoms with Gasteiger partial charge < -0.3 is 5.32 Å². The highest BCUT2D eigenvalue weighted by Crippen LogP contribution is 1.85. The minimum atomic E-state index is -0.247. The summed E-state index contributed by atoms with van der Waals surface area (Å²) >= 11 is 5.76.